The Labute approximate surface area is 112 Å². The van der Waals surface area contributed by atoms with Crippen LogP contribution < -0.4 is 15.2 Å². The van der Waals surface area contributed by atoms with Crippen LogP contribution in [-0.4, -0.2) is 51.3 Å². The molecule has 0 bridgehead atoms. The summed E-state index contributed by atoms with van der Waals surface area (Å²) < 4.78 is 15.6. The number of carbonyl (C=O) groups excluding carboxylic acids is 1. The smallest absolute Gasteiger partial charge is 0.256 e. The number of benzene rings is 1. The summed E-state index contributed by atoms with van der Waals surface area (Å²) in [5.41, 5.74) is 6.73. The molecule has 0 aromatic heterocycles. The first-order chi connectivity index (χ1) is 9.17. The van der Waals surface area contributed by atoms with E-state index in [1.165, 1.54) is 14.2 Å². The fraction of sp³-hybridized carbons (Fsp3) is 0.462. The molecule has 0 saturated carbocycles. The molecule has 0 radical (unpaired) electrons. The fourth-order valence-corrected chi connectivity index (χ4v) is 2.02. The monoisotopic (exact) mass is 266 g/mol. The van der Waals surface area contributed by atoms with E-state index in [2.05, 4.69) is 0 Å². The number of morpholine rings is 1. The van der Waals surface area contributed by atoms with E-state index in [0.29, 0.717) is 49.1 Å². The average Bonchev–Trinajstić information content (AvgIpc) is 2.47. The van der Waals surface area contributed by atoms with Crippen LogP contribution in [0.3, 0.4) is 0 Å². The molecule has 1 saturated heterocycles. The van der Waals surface area contributed by atoms with Gasteiger partial charge in [0.15, 0.2) is 11.5 Å². The summed E-state index contributed by atoms with van der Waals surface area (Å²) in [6.45, 7) is 2.26. The van der Waals surface area contributed by atoms with Gasteiger partial charge in [0.25, 0.3) is 5.91 Å². The third-order valence-electron chi connectivity index (χ3n) is 3.08. The molecule has 6 heteroatoms. The van der Waals surface area contributed by atoms with Crippen molar-refractivity contribution in [2.45, 2.75) is 0 Å². The van der Waals surface area contributed by atoms with Gasteiger partial charge in [-0.2, -0.15) is 0 Å². The molecule has 19 heavy (non-hydrogen) atoms. The van der Waals surface area contributed by atoms with Crippen LogP contribution >= 0.6 is 0 Å². The molecule has 0 aliphatic carbocycles. The summed E-state index contributed by atoms with van der Waals surface area (Å²) in [5, 5.41) is 0. The molecular weight excluding hydrogens is 248 g/mol. The van der Waals surface area contributed by atoms with Crippen molar-refractivity contribution >= 4 is 11.6 Å². The number of nitrogens with zero attached hydrogens (tertiary/aromatic N) is 1. The summed E-state index contributed by atoms with van der Waals surface area (Å²) in [6.07, 6.45) is 0. The summed E-state index contributed by atoms with van der Waals surface area (Å²) in [6, 6.07) is 3.22. The highest BCUT2D eigenvalue weighted by Gasteiger charge is 2.22. The van der Waals surface area contributed by atoms with Crippen LogP contribution in [0, 0.1) is 0 Å². The number of carbonyl (C=O) groups is 1. The molecular formula is C13H18N2O4. The van der Waals surface area contributed by atoms with Crippen LogP contribution in [0.2, 0.25) is 0 Å². The lowest BCUT2D eigenvalue weighted by molar-refractivity contribution is 0.0303. The van der Waals surface area contributed by atoms with E-state index in [4.69, 9.17) is 19.9 Å². The number of nitrogens with two attached hydrogens (primary N) is 1. The number of amides is 1. The van der Waals surface area contributed by atoms with Gasteiger partial charge < -0.3 is 24.8 Å². The van der Waals surface area contributed by atoms with Gasteiger partial charge in [-0.05, 0) is 6.07 Å². The SMILES string of the molecule is COc1cc(N)c(C(=O)N2CCOCC2)cc1OC. The highest BCUT2D eigenvalue weighted by Crippen LogP contribution is 2.32. The van der Waals surface area contributed by atoms with E-state index in [1.54, 1.807) is 17.0 Å². The van der Waals surface area contributed by atoms with Crippen molar-refractivity contribution in [1.82, 2.24) is 4.90 Å². The molecule has 0 atom stereocenters. The van der Waals surface area contributed by atoms with Gasteiger partial charge in [-0.3, -0.25) is 4.79 Å². The Morgan fingerprint density at radius 1 is 1.21 bits per heavy atom. The zero-order chi connectivity index (χ0) is 13.8. The first-order valence-corrected chi connectivity index (χ1v) is 6.06. The number of nitrogen functional groups attached to an aromatic ring is 1. The maximum atomic E-state index is 12.4. The van der Waals surface area contributed by atoms with Gasteiger partial charge in [0.05, 0.1) is 33.0 Å². The first-order valence-electron chi connectivity index (χ1n) is 6.06. The van der Waals surface area contributed by atoms with Crippen molar-refractivity contribution in [2.24, 2.45) is 0 Å². The van der Waals surface area contributed by atoms with Crippen LogP contribution in [0.5, 0.6) is 11.5 Å². The van der Waals surface area contributed by atoms with E-state index >= 15 is 0 Å². The largest absolute Gasteiger partial charge is 0.493 e. The van der Waals surface area contributed by atoms with Crippen molar-refractivity contribution in [3.05, 3.63) is 17.7 Å². The third kappa shape index (κ3) is 2.73. The summed E-state index contributed by atoms with van der Waals surface area (Å²) in [7, 11) is 3.05. The average molecular weight is 266 g/mol. The van der Waals surface area contributed by atoms with E-state index < -0.39 is 0 Å². The minimum Gasteiger partial charge on any atom is -0.493 e. The van der Waals surface area contributed by atoms with E-state index in [0.717, 1.165) is 0 Å². The zero-order valence-electron chi connectivity index (χ0n) is 11.1. The van der Waals surface area contributed by atoms with E-state index in [-0.39, 0.29) is 5.91 Å². The Balaban J connectivity index is 2.30. The van der Waals surface area contributed by atoms with Crippen LogP contribution in [-0.2, 0) is 4.74 Å². The molecule has 2 N–H and O–H groups in total. The van der Waals surface area contributed by atoms with Gasteiger partial charge in [-0.1, -0.05) is 0 Å². The van der Waals surface area contributed by atoms with Gasteiger partial charge in [-0.25, -0.2) is 0 Å². The van der Waals surface area contributed by atoms with E-state index in [1.807, 2.05) is 0 Å². The number of hydrogen-bond acceptors (Lipinski definition) is 5. The molecule has 1 fully saturated rings. The minimum absolute atomic E-state index is 0.109. The van der Waals surface area contributed by atoms with Crippen LogP contribution in [0.15, 0.2) is 12.1 Å². The normalized spacial score (nSPS) is 15.2. The van der Waals surface area contributed by atoms with Gasteiger partial charge in [0, 0.05) is 24.8 Å². The fourth-order valence-electron chi connectivity index (χ4n) is 2.02. The Hall–Kier alpha value is -1.95. The summed E-state index contributed by atoms with van der Waals surface area (Å²) >= 11 is 0. The highest BCUT2D eigenvalue weighted by molar-refractivity contribution is 6.00. The Morgan fingerprint density at radius 3 is 2.37 bits per heavy atom. The number of hydrogen-bond donors (Lipinski definition) is 1. The van der Waals surface area contributed by atoms with Gasteiger partial charge >= 0.3 is 0 Å². The molecule has 0 spiro atoms. The van der Waals surface area contributed by atoms with Crippen LogP contribution in [0.4, 0.5) is 5.69 Å². The van der Waals surface area contributed by atoms with Crippen molar-refractivity contribution in [3.8, 4) is 11.5 Å². The lowest BCUT2D eigenvalue weighted by Crippen LogP contribution is -2.40. The van der Waals surface area contributed by atoms with Crippen molar-refractivity contribution in [2.75, 3.05) is 46.3 Å². The molecule has 1 aromatic carbocycles. The molecule has 1 amide bonds. The molecule has 1 aliphatic rings. The quantitative estimate of drug-likeness (QED) is 0.817. The number of methoxy groups -OCH3 is 2. The maximum Gasteiger partial charge on any atom is 0.256 e. The van der Waals surface area contributed by atoms with Crippen LogP contribution in [0.25, 0.3) is 0 Å². The lowest BCUT2D eigenvalue weighted by atomic mass is 10.1. The predicted molar refractivity (Wildman–Crippen MR) is 70.7 cm³/mol. The number of ether oxygens (including phenoxy) is 3. The summed E-state index contributed by atoms with van der Waals surface area (Å²) in [4.78, 5) is 14.1. The van der Waals surface area contributed by atoms with Crippen LogP contribution in [0.1, 0.15) is 10.4 Å². The number of anilines is 1. The molecule has 6 nitrogen and oxygen atoms in total. The second-order valence-corrected chi connectivity index (χ2v) is 4.20. The van der Waals surface area contributed by atoms with Gasteiger partial charge in [-0.15, -0.1) is 0 Å². The van der Waals surface area contributed by atoms with E-state index in [9.17, 15) is 4.79 Å². The standard InChI is InChI=1S/C13H18N2O4/c1-17-11-7-9(10(14)8-12(11)18-2)13(16)15-3-5-19-6-4-15/h7-8H,3-6,14H2,1-2H3. The highest BCUT2D eigenvalue weighted by atomic mass is 16.5. The molecule has 0 unspecified atom stereocenters. The van der Waals surface area contributed by atoms with Crippen molar-refractivity contribution in [3.63, 3.8) is 0 Å². The second kappa shape index (κ2) is 5.79. The lowest BCUT2D eigenvalue weighted by Gasteiger charge is -2.27. The van der Waals surface area contributed by atoms with Crippen molar-refractivity contribution < 1.29 is 19.0 Å². The first kappa shape index (κ1) is 13.5. The minimum atomic E-state index is -0.109. The Kier molecular flexibility index (Phi) is 4.11. The van der Waals surface area contributed by atoms with Gasteiger partial charge in [0.2, 0.25) is 0 Å². The molecule has 2 rings (SSSR count). The second-order valence-electron chi connectivity index (χ2n) is 4.20. The van der Waals surface area contributed by atoms with Crippen molar-refractivity contribution in [1.29, 1.82) is 0 Å². The molecule has 1 aliphatic heterocycles. The summed E-state index contributed by atoms with van der Waals surface area (Å²) in [5.74, 6) is 0.897. The maximum absolute atomic E-state index is 12.4. The molecule has 104 valence electrons. The molecule has 1 heterocycles. The number of rotatable bonds is 3. The van der Waals surface area contributed by atoms with Gasteiger partial charge in [0.1, 0.15) is 0 Å². The topological polar surface area (TPSA) is 74.0 Å². The zero-order valence-corrected chi connectivity index (χ0v) is 11.1. The molecule has 1 aromatic rings. The Bertz CT molecular complexity index is 470. The third-order valence-corrected chi connectivity index (χ3v) is 3.08. The Morgan fingerprint density at radius 2 is 1.79 bits per heavy atom. The predicted octanol–water partition coefficient (Wildman–Crippen LogP) is 0.758.